The average Bonchev–Trinajstić information content (AvgIpc) is 2.48. The van der Waals surface area contributed by atoms with Crippen LogP contribution in [0.15, 0.2) is 30.6 Å². The Hall–Kier alpha value is -2.34. The van der Waals surface area contributed by atoms with Gasteiger partial charge in [-0.05, 0) is 30.5 Å². The number of aryl methyl sites for hydroxylation is 1. The largest absolute Gasteiger partial charge is 0.479 e. The summed E-state index contributed by atoms with van der Waals surface area (Å²) in [7, 11) is 1.48. The second-order valence-corrected chi connectivity index (χ2v) is 4.17. The van der Waals surface area contributed by atoms with Crippen molar-refractivity contribution in [2.24, 2.45) is 0 Å². The Balaban J connectivity index is 2.10. The van der Waals surface area contributed by atoms with Gasteiger partial charge in [0.05, 0.1) is 7.11 Å². The van der Waals surface area contributed by atoms with Crippen LogP contribution in [-0.4, -0.2) is 28.8 Å². The molecule has 3 N–H and O–H groups in total. The quantitative estimate of drug-likeness (QED) is 0.835. The van der Waals surface area contributed by atoms with Gasteiger partial charge >= 0.3 is 0 Å². The molecule has 0 aliphatic carbocycles. The fraction of sp³-hybridized carbons (Fsp3) is 0.286. The molecule has 0 fully saturated rings. The highest BCUT2D eigenvalue weighted by Gasteiger charge is 2.10. The van der Waals surface area contributed by atoms with Gasteiger partial charge in [-0.1, -0.05) is 12.1 Å². The molecule has 1 aromatic carbocycles. The zero-order chi connectivity index (χ0) is 14.4. The van der Waals surface area contributed by atoms with Gasteiger partial charge in [0.2, 0.25) is 11.8 Å². The number of aliphatic hydroxyl groups is 1. The fourth-order valence-electron chi connectivity index (χ4n) is 1.73. The molecule has 1 aromatic heterocycles. The minimum Gasteiger partial charge on any atom is -0.479 e. The molecular weight excluding hydrogens is 258 g/mol. The molecule has 0 saturated heterocycles. The summed E-state index contributed by atoms with van der Waals surface area (Å²) in [5.74, 6) is 1.18. The molecule has 0 aliphatic heterocycles. The van der Waals surface area contributed by atoms with Gasteiger partial charge in [0.25, 0.3) is 0 Å². The third-order valence-electron chi connectivity index (χ3n) is 2.77. The first-order valence-corrected chi connectivity index (χ1v) is 6.26. The Morgan fingerprint density at radius 2 is 1.85 bits per heavy atom. The van der Waals surface area contributed by atoms with E-state index in [1.807, 2.05) is 24.3 Å². The van der Waals surface area contributed by atoms with Crippen molar-refractivity contribution in [3.05, 3.63) is 36.2 Å². The first kappa shape index (κ1) is 14.1. The number of nitrogens with zero attached hydrogens (tertiary/aromatic N) is 2. The third-order valence-corrected chi connectivity index (χ3v) is 2.77. The number of nitrogen functional groups attached to an aromatic ring is 1. The summed E-state index contributed by atoms with van der Waals surface area (Å²) in [6.45, 7) is 0.190. The molecule has 0 atom stereocenters. The maximum atomic E-state index is 8.79. The van der Waals surface area contributed by atoms with Crippen molar-refractivity contribution in [1.82, 2.24) is 9.97 Å². The molecule has 20 heavy (non-hydrogen) atoms. The third kappa shape index (κ3) is 3.36. The number of nitrogens with two attached hydrogens (primary N) is 1. The fourth-order valence-corrected chi connectivity index (χ4v) is 1.73. The van der Waals surface area contributed by atoms with Crippen molar-refractivity contribution in [2.75, 3.05) is 19.5 Å². The summed E-state index contributed by atoms with van der Waals surface area (Å²) >= 11 is 0. The van der Waals surface area contributed by atoms with Gasteiger partial charge in [-0.2, -0.15) is 9.97 Å². The van der Waals surface area contributed by atoms with Crippen molar-refractivity contribution >= 4 is 5.69 Å². The molecule has 0 unspecified atom stereocenters. The molecule has 0 radical (unpaired) electrons. The molecule has 0 spiro atoms. The van der Waals surface area contributed by atoms with E-state index in [1.165, 1.54) is 13.4 Å². The van der Waals surface area contributed by atoms with Crippen LogP contribution >= 0.6 is 0 Å². The van der Waals surface area contributed by atoms with E-state index in [4.69, 9.17) is 20.3 Å². The van der Waals surface area contributed by atoms with E-state index >= 15 is 0 Å². The zero-order valence-electron chi connectivity index (χ0n) is 11.2. The first-order chi connectivity index (χ1) is 9.74. The molecule has 2 aromatic rings. The number of aliphatic hydroxyl groups excluding tert-OH is 1. The average molecular weight is 275 g/mol. The van der Waals surface area contributed by atoms with Gasteiger partial charge in [0.15, 0.2) is 5.69 Å². The van der Waals surface area contributed by atoms with Crippen molar-refractivity contribution in [1.29, 1.82) is 0 Å². The van der Waals surface area contributed by atoms with E-state index in [2.05, 4.69) is 9.97 Å². The van der Waals surface area contributed by atoms with Crippen LogP contribution in [0.25, 0.3) is 0 Å². The minimum atomic E-state index is 0.190. The number of hydrogen-bond donors (Lipinski definition) is 2. The standard InChI is InChI=1S/C14H17N3O3/c1-19-13-12(15)14(17-9-16-13)20-11-6-4-10(5-7-11)3-2-8-18/h4-7,9,18H,2-3,8,15H2,1H3. The molecule has 6 nitrogen and oxygen atoms in total. The monoisotopic (exact) mass is 275 g/mol. The Morgan fingerprint density at radius 3 is 2.50 bits per heavy atom. The van der Waals surface area contributed by atoms with Crippen molar-refractivity contribution < 1.29 is 14.6 Å². The van der Waals surface area contributed by atoms with Gasteiger partial charge in [-0.25, -0.2) is 0 Å². The van der Waals surface area contributed by atoms with Gasteiger partial charge in [-0.15, -0.1) is 0 Å². The molecule has 2 rings (SSSR count). The van der Waals surface area contributed by atoms with E-state index in [1.54, 1.807) is 0 Å². The van der Waals surface area contributed by atoms with Crippen molar-refractivity contribution in [3.63, 3.8) is 0 Å². The molecule has 106 valence electrons. The van der Waals surface area contributed by atoms with E-state index in [-0.39, 0.29) is 24.1 Å². The van der Waals surface area contributed by atoms with Gasteiger partial charge in [0, 0.05) is 6.61 Å². The number of methoxy groups -OCH3 is 1. The maximum Gasteiger partial charge on any atom is 0.249 e. The molecule has 0 bridgehead atoms. The molecular formula is C14H17N3O3. The smallest absolute Gasteiger partial charge is 0.249 e. The Morgan fingerprint density at radius 1 is 1.15 bits per heavy atom. The lowest BCUT2D eigenvalue weighted by Crippen LogP contribution is -2.00. The lowest BCUT2D eigenvalue weighted by molar-refractivity contribution is 0.288. The normalized spacial score (nSPS) is 10.3. The van der Waals surface area contributed by atoms with Crippen molar-refractivity contribution in [2.45, 2.75) is 12.8 Å². The number of rotatable bonds is 6. The summed E-state index contributed by atoms with van der Waals surface area (Å²) in [6, 6.07) is 7.56. The van der Waals surface area contributed by atoms with E-state index in [0.29, 0.717) is 5.75 Å². The van der Waals surface area contributed by atoms with Gasteiger partial charge in [0.1, 0.15) is 12.1 Å². The summed E-state index contributed by atoms with van der Waals surface area (Å²) in [5.41, 5.74) is 7.24. The maximum absolute atomic E-state index is 8.79. The van der Waals surface area contributed by atoms with E-state index in [0.717, 1.165) is 18.4 Å². The SMILES string of the molecule is COc1ncnc(Oc2ccc(CCCO)cc2)c1N. The van der Waals surface area contributed by atoms with E-state index in [9.17, 15) is 0 Å². The zero-order valence-corrected chi connectivity index (χ0v) is 11.2. The van der Waals surface area contributed by atoms with Crippen LogP contribution in [0.4, 0.5) is 5.69 Å². The highest BCUT2D eigenvalue weighted by molar-refractivity contribution is 5.56. The Bertz CT molecular complexity index is 558. The summed E-state index contributed by atoms with van der Waals surface area (Å²) in [6.07, 6.45) is 2.91. The van der Waals surface area contributed by atoms with Crippen LogP contribution < -0.4 is 15.2 Å². The summed E-state index contributed by atoms with van der Waals surface area (Å²) < 4.78 is 10.6. The predicted octanol–water partition coefficient (Wildman–Crippen LogP) is 1.78. The Labute approximate surface area is 117 Å². The van der Waals surface area contributed by atoms with Crippen LogP contribution in [0.3, 0.4) is 0 Å². The van der Waals surface area contributed by atoms with Crippen LogP contribution in [0.1, 0.15) is 12.0 Å². The predicted molar refractivity (Wildman–Crippen MR) is 74.9 cm³/mol. The summed E-state index contributed by atoms with van der Waals surface area (Å²) in [5, 5.41) is 8.79. The number of benzene rings is 1. The lowest BCUT2D eigenvalue weighted by atomic mass is 10.1. The highest BCUT2D eigenvalue weighted by Crippen LogP contribution is 2.30. The van der Waals surface area contributed by atoms with Gasteiger partial charge < -0.3 is 20.3 Å². The highest BCUT2D eigenvalue weighted by atomic mass is 16.5. The van der Waals surface area contributed by atoms with Crippen LogP contribution in [0, 0.1) is 0 Å². The molecule has 0 saturated carbocycles. The molecule has 1 heterocycles. The topological polar surface area (TPSA) is 90.5 Å². The Kier molecular flexibility index (Phi) is 4.73. The lowest BCUT2D eigenvalue weighted by Gasteiger charge is -2.09. The van der Waals surface area contributed by atoms with Crippen LogP contribution in [-0.2, 0) is 6.42 Å². The van der Waals surface area contributed by atoms with Gasteiger partial charge in [-0.3, -0.25) is 0 Å². The molecule has 6 heteroatoms. The molecule has 0 amide bonds. The second kappa shape index (κ2) is 6.72. The minimum absolute atomic E-state index is 0.190. The van der Waals surface area contributed by atoms with Crippen LogP contribution in [0.2, 0.25) is 0 Å². The second-order valence-electron chi connectivity index (χ2n) is 4.17. The first-order valence-electron chi connectivity index (χ1n) is 6.26. The van der Waals surface area contributed by atoms with E-state index < -0.39 is 0 Å². The number of ether oxygens (including phenoxy) is 2. The number of aromatic nitrogens is 2. The number of hydrogen-bond acceptors (Lipinski definition) is 6. The van der Waals surface area contributed by atoms with Crippen LogP contribution in [0.5, 0.6) is 17.5 Å². The van der Waals surface area contributed by atoms with Crippen molar-refractivity contribution in [3.8, 4) is 17.5 Å². The number of anilines is 1. The summed E-state index contributed by atoms with van der Waals surface area (Å²) in [4.78, 5) is 7.87. The molecule has 0 aliphatic rings.